The van der Waals surface area contributed by atoms with Crippen LogP contribution in [0.5, 0.6) is 0 Å². The van der Waals surface area contributed by atoms with Crippen LogP contribution >= 0.6 is 0 Å². The van der Waals surface area contributed by atoms with Gasteiger partial charge in [0, 0.05) is 16.5 Å². The first-order chi connectivity index (χ1) is 4.63. The third-order valence-electron chi connectivity index (χ3n) is 1.16. The van der Waals surface area contributed by atoms with Crippen molar-refractivity contribution in [2.45, 2.75) is 18.3 Å². The number of hydrogen-bond donors (Lipinski definition) is 5. The monoisotopic (exact) mass is 210 g/mol. The van der Waals surface area contributed by atoms with E-state index in [0.717, 1.165) is 0 Å². The summed E-state index contributed by atoms with van der Waals surface area (Å²) in [5.41, 5.74) is 0. The van der Waals surface area contributed by atoms with Crippen molar-refractivity contribution in [1.82, 2.24) is 0 Å². The molecule has 0 radical (unpaired) electrons. The molecule has 11 heavy (non-hydrogen) atoms. The van der Waals surface area contributed by atoms with Crippen molar-refractivity contribution in [2.75, 3.05) is 13.2 Å². The van der Waals surface area contributed by atoms with Crippen molar-refractivity contribution in [3.8, 4) is 0 Å². The molecule has 0 fully saturated rings. The zero-order valence-corrected chi connectivity index (χ0v) is 6.69. The van der Waals surface area contributed by atoms with Gasteiger partial charge in [-0.05, 0) is 0 Å². The number of hydrogen-bond acceptors (Lipinski definition) is 5. The minimum absolute atomic E-state index is 0. The minimum Gasteiger partial charge on any atom is -0.394 e. The average molecular weight is 211 g/mol. The van der Waals surface area contributed by atoms with Gasteiger partial charge in [0.25, 0.3) is 0 Å². The third kappa shape index (κ3) is 4.68. The second-order valence-electron chi connectivity index (χ2n) is 1.99. The molecule has 0 spiro atoms. The van der Waals surface area contributed by atoms with Gasteiger partial charge in [-0.15, -0.1) is 0 Å². The Morgan fingerprint density at radius 1 is 0.818 bits per heavy atom. The summed E-state index contributed by atoms with van der Waals surface area (Å²) >= 11 is 0. The van der Waals surface area contributed by atoms with Crippen molar-refractivity contribution < 1.29 is 42.0 Å². The standard InChI is InChI=1S/C5H12O5.Ni/c6-1-3(8)5(10)4(9)2-7;/h3-10H,1-2H2;. The minimum atomic E-state index is -1.49. The molecule has 2 atom stereocenters. The van der Waals surface area contributed by atoms with Gasteiger partial charge in [-0.25, -0.2) is 0 Å². The van der Waals surface area contributed by atoms with Crippen LogP contribution in [0.15, 0.2) is 0 Å². The first-order valence-electron chi connectivity index (χ1n) is 2.89. The van der Waals surface area contributed by atoms with Gasteiger partial charge in [0.05, 0.1) is 13.2 Å². The summed E-state index contributed by atoms with van der Waals surface area (Å²) in [5, 5.41) is 42.6. The number of aliphatic hydroxyl groups is 5. The second kappa shape index (κ2) is 6.97. The predicted octanol–water partition coefficient (Wildman–Crippen LogP) is -2.95. The Labute approximate surface area is 74.2 Å². The molecule has 0 aliphatic carbocycles. The molecule has 0 aliphatic heterocycles. The topological polar surface area (TPSA) is 101 Å². The van der Waals surface area contributed by atoms with E-state index in [-0.39, 0.29) is 16.5 Å². The van der Waals surface area contributed by atoms with Crippen molar-refractivity contribution in [3.63, 3.8) is 0 Å². The summed E-state index contributed by atoms with van der Waals surface area (Å²) in [7, 11) is 0. The van der Waals surface area contributed by atoms with Crippen LogP contribution in [0, 0.1) is 0 Å². The summed E-state index contributed by atoms with van der Waals surface area (Å²) in [6.45, 7) is -1.28. The molecule has 5 N–H and O–H groups in total. The normalized spacial score (nSPS) is 18.3. The molecular weight excluding hydrogens is 199 g/mol. The van der Waals surface area contributed by atoms with Crippen molar-refractivity contribution in [1.29, 1.82) is 0 Å². The van der Waals surface area contributed by atoms with Crippen molar-refractivity contribution in [3.05, 3.63) is 0 Å². The maximum absolute atomic E-state index is 8.77. The number of rotatable bonds is 4. The van der Waals surface area contributed by atoms with Crippen LogP contribution < -0.4 is 0 Å². The first-order valence-corrected chi connectivity index (χ1v) is 2.89. The zero-order valence-electron chi connectivity index (χ0n) is 5.70. The van der Waals surface area contributed by atoms with Gasteiger partial charge in [-0.1, -0.05) is 0 Å². The van der Waals surface area contributed by atoms with Gasteiger partial charge in [-0.2, -0.15) is 0 Å². The van der Waals surface area contributed by atoms with Gasteiger partial charge in [0.15, 0.2) is 0 Å². The van der Waals surface area contributed by atoms with Crippen LogP contribution in [-0.4, -0.2) is 57.1 Å². The van der Waals surface area contributed by atoms with E-state index in [1.807, 2.05) is 0 Å². The summed E-state index contributed by atoms with van der Waals surface area (Å²) in [4.78, 5) is 0. The van der Waals surface area contributed by atoms with Crippen LogP contribution in [0.25, 0.3) is 0 Å². The van der Waals surface area contributed by atoms with Crippen molar-refractivity contribution in [2.24, 2.45) is 0 Å². The molecule has 2 unspecified atom stereocenters. The summed E-state index contributed by atoms with van der Waals surface area (Å²) in [5.74, 6) is 0. The van der Waals surface area contributed by atoms with Gasteiger partial charge in [0.1, 0.15) is 18.3 Å². The van der Waals surface area contributed by atoms with E-state index in [2.05, 4.69) is 0 Å². The molecule has 72 valence electrons. The summed E-state index contributed by atoms with van der Waals surface area (Å²) in [6.07, 6.45) is -4.29. The molecule has 0 rings (SSSR count). The first kappa shape index (κ1) is 13.9. The van der Waals surface area contributed by atoms with Gasteiger partial charge in [0.2, 0.25) is 0 Å². The Hall–Kier alpha value is 0.294. The van der Waals surface area contributed by atoms with E-state index >= 15 is 0 Å². The summed E-state index contributed by atoms with van der Waals surface area (Å²) < 4.78 is 0. The molecule has 0 heterocycles. The smallest absolute Gasteiger partial charge is 0.110 e. The maximum Gasteiger partial charge on any atom is 0.110 e. The van der Waals surface area contributed by atoms with E-state index in [0.29, 0.717) is 0 Å². The fourth-order valence-electron chi connectivity index (χ4n) is 0.472. The van der Waals surface area contributed by atoms with Crippen LogP contribution in [0.4, 0.5) is 0 Å². The SMILES string of the molecule is OCC(O)C(O)C(O)CO.[Ni]. The second-order valence-corrected chi connectivity index (χ2v) is 1.99. The molecular formula is C5H12NiO5. The molecule has 0 aromatic rings. The molecule has 0 aromatic heterocycles. The summed E-state index contributed by atoms with van der Waals surface area (Å²) in [6, 6.07) is 0. The maximum atomic E-state index is 8.77. The van der Waals surface area contributed by atoms with Crippen LogP contribution in [0.2, 0.25) is 0 Å². The molecule has 0 amide bonds. The zero-order chi connectivity index (χ0) is 8.15. The Kier molecular flexibility index (Phi) is 8.78. The molecule has 0 aliphatic rings. The van der Waals surface area contributed by atoms with E-state index in [4.69, 9.17) is 25.5 Å². The van der Waals surface area contributed by atoms with Crippen molar-refractivity contribution >= 4 is 0 Å². The fourth-order valence-corrected chi connectivity index (χ4v) is 0.472. The van der Waals surface area contributed by atoms with Gasteiger partial charge < -0.3 is 25.5 Å². The molecule has 0 aromatic carbocycles. The Morgan fingerprint density at radius 2 is 1.09 bits per heavy atom. The fraction of sp³-hybridized carbons (Fsp3) is 1.00. The quantitative estimate of drug-likeness (QED) is 0.320. The molecule has 5 nitrogen and oxygen atoms in total. The Morgan fingerprint density at radius 3 is 1.27 bits per heavy atom. The Balaban J connectivity index is 0. The molecule has 0 bridgehead atoms. The molecule has 0 saturated heterocycles. The average Bonchev–Trinajstić information content (AvgIpc) is 2.00. The van der Waals surface area contributed by atoms with Gasteiger partial charge >= 0.3 is 0 Å². The third-order valence-corrected chi connectivity index (χ3v) is 1.16. The predicted molar refractivity (Wildman–Crippen MR) is 32.2 cm³/mol. The van der Waals surface area contributed by atoms with E-state index in [9.17, 15) is 0 Å². The van der Waals surface area contributed by atoms with Crippen LogP contribution in [0.3, 0.4) is 0 Å². The Bertz CT molecular complexity index is 80.9. The van der Waals surface area contributed by atoms with E-state index < -0.39 is 31.5 Å². The van der Waals surface area contributed by atoms with Crippen LogP contribution in [-0.2, 0) is 16.5 Å². The number of aliphatic hydroxyl groups excluding tert-OH is 5. The van der Waals surface area contributed by atoms with Crippen LogP contribution in [0.1, 0.15) is 0 Å². The van der Waals surface area contributed by atoms with E-state index in [1.165, 1.54) is 0 Å². The molecule has 6 heteroatoms. The van der Waals surface area contributed by atoms with Gasteiger partial charge in [-0.3, -0.25) is 0 Å². The van der Waals surface area contributed by atoms with E-state index in [1.54, 1.807) is 0 Å². The molecule has 0 saturated carbocycles. The largest absolute Gasteiger partial charge is 0.394 e.